The molecule has 4 nitrogen and oxygen atoms in total. The zero-order chi connectivity index (χ0) is 23.4. The quantitative estimate of drug-likeness (QED) is 0.294. The van der Waals surface area contributed by atoms with Crippen LogP contribution in [0.1, 0.15) is 49.2 Å². The highest BCUT2D eigenvalue weighted by atomic mass is 32.1. The Bertz CT molecular complexity index is 1040. The third-order valence-corrected chi connectivity index (χ3v) is 6.08. The van der Waals surface area contributed by atoms with E-state index in [-0.39, 0.29) is 18.2 Å². The van der Waals surface area contributed by atoms with Gasteiger partial charge in [-0.15, -0.1) is 10.2 Å². The van der Waals surface area contributed by atoms with Crippen molar-refractivity contribution in [3.05, 3.63) is 64.4 Å². The number of unbranched alkanes of at least 4 members (excludes halogenated alkanes) is 2. The summed E-state index contributed by atoms with van der Waals surface area (Å²) >= 11 is 1.17. The molecule has 172 valence electrons. The molecule has 2 aromatic carbocycles. The molecule has 0 atom stereocenters. The lowest BCUT2D eigenvalue weighted by Crippen LogP contribution is -2.28. The summed E-state index contributed by atoms with van der Waals surface area (Å²) < 4.78 is 59.5. The first-order valence-electron chi connectivity index (χ1n) is 10.3. The highest BCUT2D eigenvalue weighted by molar-refractivity contribution is 7.14. The summed E-state index contributed by atoms with van der Waals surface area (Å²) in [6.45, 7) is 3.68. The second-order valence-corrected chi connectivity index (χ2v) is 9.11. The van der Waals surface area contributed by atoms with Crippen molar-refractivity contribution >= 4 is 11.3 Å². The molecule has 0 amide bonds. The average Bonchev–Trinajstić information content (AvgIpc) is 3.21. The number of nitrogens with two attached hydrogens (primary N) is 1. The number of alkyl halides is 3. The van der Waals surface area contributed by atoms with E-state index in [1.807, 2.05) is 6.07 Å². The van der Waals surface area contributed by atoms with Gasteiger partial charge in [-0.25, -0.2) is 4.39 Å². The van der Waals surface area contributed by atoms with Gasteiger partial charge in [0.15, 0.2) is 0 Å². The third-order valence-electron chi connectivity index (χ3n) is 4.76. The SMILES string of the molecule is CC(C)(N)c1nnc(-c2ccc(OCCCCCc3cccc(F)c3)c(C(F)(F)F)c2)s1. The van der Waals surface area contributed by atoms with Gasteiger partial charge in [0.2, 0.25) is 0 Å². The van der Waals surface area contributed by atoms with E-state index in [0.717, 1.165) is 24.5 Å². The van der Waals surface area contributed by atoms with E-state index < -0.39 is 17.3 Å². The Morgan fingerprint density at radius 2 is 1.78 bits per heavy atom. The third kappa shape index (κ3) is 6.49. The second-order valence-electron chi connectivity index (χ2n) is 8.13. The molecule has 9 heteroatoms. The van der Waals surface area contributed by atoms with Crippen molar-refractivity contribution in [1.82, 2.24) is 10.2 Å². The largest absolute Gasteiger partial charge is 0.493 e. The van der Waals surface area contributed by atoms with Crippen LogP contribution in [0.2, 0.25) is 0 Å². The van der Waals surface area contributed by atoms with E-state index in [9.17, 15) is 17.6 Å². The molecule has 0 saturated carbocycles. The number of rotatable bonds is 9. The normalized spacial score (nSPS) is 12.2. The van der Waals surface area contributed by atoms with Crippen LogP contribution >= 0.6 is 11.3 Å². The minimum atomic E-state index is -4.57. The summed E-state index contributed by atoms with van der Waals surface area (Å²) in [7, 11) is 0. The standard InChI is InChI=1S/C23H25F4N3OS/c1-22(2,28)21-30-29-20(32-21)16-10-11-19(18(14-16)23(25,26)27)31-12-5-3-4-7-15-8-6-9-17(24)13-15/h6,8-11,13-14H,3-5,7,12,28H2,1-2H3. The number of aromatic nitrogens is 2. The lowest BCUT2D eigenvalue weighted by molar-refractivity contribution is -0.138. The van der Waals surface area contributed by atoms with Crippen LogP contribution in [-0.2, 0) is 18.1 Å². The molecule has 1 aromatic heterocycles. The average molecular weight is 468 g/mol. The number of hydrogen-bond donors (Lipinski definition) is 1. The van der Waals surface area contributed by atoms with Crippen molar-refractivity contribution in [2.45, 2.75) is 51.2 Å². The fraction of sp³-hybridized carbons (Fsp3) is 0.391. The summed E-state index contributed by atoms with van der Waals surface area (Å²) in [4.78, 5) is 0. The van der Waals surface area contributed by atoms with Crippen LogP contribution in [0.25, 0.3) is 10.6 Å². The number of ether oxygens (including phenoxy) is 1. The van der Waals surface area contributed by atoms with Crippen molar-refractivity contribution in [2.75, 3.05) is 6.61 Å². The lowest BCUT2D eigenvalue weighted by atomic mass is 10.1. The Balaban J connectivity index is 1.60. The topological polar surface area (TPSA) is 61.0 Å². The fourth-order valence-electron chi connectivity index (χ4n) is 3.09. The summed E-state index contributed by atoms with van der Waals surface area (Å²) in [5.74, 6) is -0.485. The monoisotopic (exact) mass is 467 g/mol. The van der Waals surface area contributed by atoms with Crippen LogP contribution < -0.4 is 10.5 Å². The molecule has 1 heterocycles. The van der Waals surface area contributed by atoms with Crippen LogP contribution in [0.4, 0.5) is 17.6 Å². The zero-order valence-corrected chi connectivity index (χ0v) is 18.7. The van der Waals surface area contributed by atoms with Gasteiger partial charge in [0.25, 0.3) is 0 Å². The predicted molar refractivity (Wildman–Crippen MR) is 117 cm³/mol. The molecule has 0 unspecified atom stereocenters. The molecule has 0 bridgehead atoms. The predicted octanol–water partition coefficient (Wildman–Crippen LogP) is 6.35. The molecule has 3 rings (SSSR count). The van der Waals surface area contributed by atoms with E-state index in [4.69, 9.17) is 10.5 Å². The first-order chi connectivity index (χ1) is 15.0. The Kier molecular flexibility index (Phi) is 7.51. The van der Waals surface area contributed by atoms with Crippen molar-refractivity contribution in [3.63, 3.8) is 0 Å². The molecule has 0 aliphatic heterocycles. The van der Waals surface area contributed by atoms with E-state index in [0.29, 0.717) is 28.4 Å². The molecule has 0 aliphatic carbocycles. The van der Waals surface area contributed by atoms with E-state index in [2.05, 4.69) is 10.2 Å². The number of benzene rings is 2. The summed E-state index contributed by atoms with van der Waals surface area (Å²) in [5, 5.41) is 8.89. The van der Waals surface area contributed by atoms with Gasteiger partial charge in [-0.05, 0) is 75.4 Å². The van der Waals surface area contributed by atoms with Crippen molar-refractivity contribution in [1.29, 1.82) is 0 Å². The van der Waals surface area contributed by atoms with Crippen molar-refractivity contribution in [2.24, 2.45) is 5.73 Å². The Hall–Kier alpha value is -2.52. The van der Waals surface area contributed by atoms with E-state index in [1.54, 1.807) is 26.0 Å². The molecule has 0 spiro atoms. The summed E-state index contributed by atoms with van der Waals surface area (Å²) in [6.07, 6.45) is -1.69. The fourth-order valence-corrected chi connectivity index (χ4v) is 3.95. The highest BCUT2D eigenvalue weighted by Crippen LogP contribution is 2.39. The lowest BCUT2D eigenvalue weighted by Gasteiger charge is -2.15. The van der Waals surface area contributed by atoms with Crippen molar-refractivity contribution < 1.29 is 22.3 Å². The van der Waals surface area contributed by atoms with Gasteiger partial charge >= 0.3 is 6.18 Å². The first-order valence-corrected chi connectivity index (χ1v) is 11.1. The minimum Gasteiger partial charge on any atom is -0.493 e. The Morgan fingerprint density at radius 3 is 2.44 bits per heavy atom. The van der Waals surface area contributed by atoms with Gasteiger partial charge < -0.3 is 10.5 Å². The number of halogens is 4. The van der Waals surface area contributed by atoms with Crippen LogP contribution in [0, 0.1) is 5.82 Å². The van der Waals surface area contributed by atoms with Gasteiger partial charge in [0.05, 0.1) is 17.7 Å². The van der Waals surface area contributed by atoms with Gasteiger partial charge in [0.1, 0.15) is 21.6 Å². The molecule has 0 fully saturated rings. The summed E-state index contributed by atoms with van der Waals surface area (Å²) in [5.41, 5.74) is 5.64. The number of aryl methyl sites for hydroxylation is 1. The maximum atomic E-state index is 13.6. The first kappa shape index (κ1) is 24.1. The van der Waals surface area contributed by atoms with Crippen molar-refractivity contribution in [3.8, 4) is 16.3 Å². The van der Waals surface area contributed by atoms with Crippen LogP contribution in [0.5, 0.6) is 5.75 Å². The van der Waals surface area contributed by atoms with Crippen LogP contribution in [-0.4, -0.2) is 16.8 Å². The van der Waals surface area contributed by atoms with E-state index >= 15 is 0 Å². The molecule has 32 heavy (non-hydrogen) atoms. The highest BCUT2D eigenvalue weighted by Gasteiger charge is 2.35. The molecule has 2 N–H and O–H groups in total. The van der Waals surface area contributed by atoms with Crippen LogP contribution in [0.3, 0.4) is 0 Å². The maximum absolute atomic E-state index is 13.6. The molecule has 3 aromatic rings. The Morgan fingerprint density at radius 1 is 1.00 bits per heavy atom. The van der Waals surface area contributed by atoms with Gasteiger partial charge in [-0.2, -0.15) is 13.2 Å². The zero-order valence-electron chi connectivity index (χ0n) is 17.9. The van der Waals surface area contributed by atoms with Gasteiger partial charge in [-0.1, -0.05) is 23.5 Å². The number of nitrogens with zero attached hydrogens (tertiary/aromatic N) is 2. The molecular formula is C23H25F4N3OS. The maximum Gasteiger partial charge on any atom is 0.419 e. The smallest absolute Gasteiger partial charge is 0.419 e. The van der Waals surface area contributed by atoms with Gasteiger partial charge in [0, 0.05) is 5.56 Å². The Labute approximate surface area is 188 Å². The molecular weight excluding hydrogens is 442 g/mol. The summed E-state index contributed by atoms with van der Waals surface area (Å²) in [6, 6.07) is 10.3. The molecule has 0 aliphatic rings. The minimum absolute atomic E-state index is 0.163. The molecule has 0 saturated heterocycles. The van der Waals surface area contributed by atoms with E-state index in [1.165, 1.54) is 29.5 Å². The van der Waals surface area contributed by atoms with Gasteiger partial charge in [-0.3, -0.25) is 0 Å². The molecule has 0 radical (unpaired) electrons. The second kappa shape index (κ2) is 9.95. The number of hydrogen-bond acceptors (Lipinski definition) is 5. The van der Waals surface area contributed by atoms with Crippen LogP contribution in [0.15, 0.2) is 42.5 Å².